The lowest BCUT2D eigenvalue weighted by Gasteiger charge is -2.32. The van der Waals surface area contributed by atoms with E-state index in [0.717, 1.165) is 43.5 Å². The minimum absolute atomic E-state index is 0.0507. The van der Waals surface area contributed by atoms with Gasteiger partial charge < -0.3 is 30.2 Å². The summed E-state index contributed by atoms with van der Waals surface area (Å²) in [4.78, 5) is 14.8. The van der Waals surface area contributed by atoms with Crippen molar-refractivity contribution in [3.8, 4) is 17.2 Å². The van der Waals surface area contributed by atoms with E-state index < -0.39 is 0 Å². The Balaban J connectivity index is 1.43. The molecule has 2 aromatic carbocycles. The molecule has 0 radical (unpaired) electrons. The molecule has 3 rings (SSSR count). The van der Waals surface area contributed by atoms with Crippen molar-refractivity contribution in [3.63, 3.8) is 0 Å². The van der Waals surface area contributed by atoms with Gasteiger partial charge in [0.1, 0.15) is 5.75 Å². The van der Waals surface area contributed by atoms with Gasteiger partial charge in [-0.1, -0.05) is 6.07 Å². The van der Waals surface area contributed by atoms with Crippen LogP contribution >= 0.6 is 0 Å². The van der Waals surface area contributed by atoms with Gasteiger partial charge in [0.15, 0.2) is 11.5 Å². The van der Waals surface area contributed by atoms with Crippen LogP contribution in [0.1, 0.15) is 29.5 Å². The molecule has 3 N–H and O–H groups in total. The van der Waals surface area contributed by atoms with Crippen LogP contribution < -0.4 is 25.3 Å². The molecule has 1 atom stereocenters. The number of aryl methyl sites for hydroxylation is 1. The average Bonchev–Trinajstić information content (AvgIpc) is 2.81. The maximum absolute atomic E-state index is 12.4. The van der Waals surface area contributed by atoms with Crippen molar-refractivity contribution in [3.05, 3.63) is 47.0 Å². The molecule has 0 aromatic heterocycles. The second kappa shape index (κ2) is 11.1. The van der Waals surface area contributed by atoms with Crippen molar-refractivity contribution in [2.24, 2.45) is 0 Å². The first-order valence-electron chi connectivity index (χ1n) is 11.1. The number of nitrogens with one attached hydrogen (secondary N) is 1. The number of nitrogens with two attached hydrogens (primary N) is 1. The molecule has 174 valence electrons. The number of hydrogen-bond acceptors (Lipinski definition) is 6. The summed E-state index contributed by atoms with van der Waals surface area (Å²) in [6.07, 6.45) is 4.39. The van der Waals surface area contributed by atoms with Crippen LogP contribution in [0.5, 0.6) is 17.2 Å². The maximum atomic E-state index is 12.4. The van der Waals surface area contributed by atoms with Gasteiger partial charge in [-0.15, -0.1) is 0 Å². The Kier molecular flexibility index (Phi) is 8.22. The smallest absolute Gasteiger partial charge is 0.224 e. The average molecular weight is 442 g/mol. The Morgan fingerprint density at radius 3 is 2.56 bits per heavy atom. The zero-order chi connectivity index (χ0) is 23.1. The van der Waals surface area contributed by atoms with Gasteiger partial charge in [-0.05, 0) is 74.2 Å². The van der Waals surface area contributed by atoms with E-state index in [0.29, 0.717) is 29.8 Å². The molecule has 1 amide bonds. The molecule has 1 aliphatic rings. The third-order valence-corrected chi connectivity index (χ3v) is 6.25. The van der Waals surface area contributed by atoms with E-state index in [9.17, 15) is 4.79 Å². The molecule has 1 aliphatic carbocycles. The van der Waals surface area contributed by atoms with Crippen LogP contribution in [0.15, 0.2) is 30.3 Å². The van der Waals surface area contributed by atoms with Gasteiger partial charge in [0, 0.05) is 24.3 Å². The Labute approximate surface area is 190 Å². The highest BCUT2D eigenvalue weighted by atomic mass is 16.5. The van der Waals surface area contributed by atoms with Crippen LogP contribution in [0.2, 0.25) is 0 Å². The van der Waals surface area contributed by atoms with E-state index in [-0.39, 0.29) is 12.3 Å². The number of carbonyl (C=O) groups is 1. The maximum Gasteiger partial charge on any atom is 0.224 e. The molecule has 32 heavy (non-hydrogen) atoms. The number of benzene rings is 2. The molecule has 0 heterocycles. The summed E-state index contributed by atoms with van der Waals surface area (Å²) in [5.74, 6) is 1.99. The first-order valence-corrected chi connectivity index (χ1v) is 11.1. The topological polar surface area (TPSA) is 86.0 Å². The third-order valence-electron chi connectivity index (χ3n) is 6.25. The number of nitrogens with zero attached hydrogens (tertiary/aromatic N) is 1. The molecule has 2 aromatic rings. The lowest BCUT2D eigenvalue weighted by atomic mass is 9.87. The molecule has 0 spiro atoms. The number of anilines is 1. The Bertz CT molecular complexity index is 932. The van der Waals surface area contributed by atoms with Gasteiger partial charge in [-0.3, -0.25) is 4.79 Å². The molecule has 7 heteroatoms. The van der Waals surface area contributed by atoms with E-state index in [4.69, 9.17) is 19.9 Å². The molecule has 0 saturated carbocycles. The van der Waals surface area contributed by atoms with Crippen LogP contribution in [0.4, 0.5) is 5.69 Å². The van der Waals surface area contributed by atoms with Gasteiger partial charge in [0.05, 0.1) is 27.8 Å². The lowest BCUT2D eigenvalue weighted by Crippen LogP contribution is -2.38. The predicted molar refractivity (Wildman–Crippen MR) is 127 cm³/mol. The molecule has 1 unspecified atom stereocenters. The summed E-state index contributed by atoms with van der Waals surface area (Å²) in [7, 11) is 7.00. The zero-order valence-electron chi connectivity index (χ0n) is 19.6. The van der Waals surface area contributed by atoms with Crippen LogP contribution in [0, 0.1) is 0 Å². The summed E-state index contributed by atoms with van der Waals surface area (Å²) in [6.45, 7) is 1.57. The van der Waals surface area contributed by atoms with E-state index >= 15 is 0 Å². The quantitative estimate of drug-likeness (QED) is 0.436. The van der Waals surface area contributed by atoms with Gasteiger partial charge in [0.2, 0.25) is 5.91 Å². The van der Waals surface area contributed by atoms with Crippen LogP contribution in [0.25, 0.3) is 0 Å². The number of rotatable bonds is 10. The zero-order valence-corrected chi connectivity index (χ0v) is 19.6. The molecule has 0 saturated heterocycles. The number of carbonyl (C=O) groups excluding carboxylic acids is 1. The van der Waals surface area contributed by atoms with Crippen molar-refractivity contribution >= 4 is 11.6 Å². The first-order chi connectivity index (χ1) is 15.4. The van der Waals surface area contributed by atoms with Crippen molar-refractivity contribution in [2.75, 3.05) is 47.2 Å². The van der Waals surface area contributed by atoms with E-state index in [1.54, 1.807) is 33.5 Å². The standard InChI is InChI=1S/C25H35N3O4/c1-28(20-8-6-17-7-9-21(30-2)13-18(17)12-20)11-5-10-27-25(29)15-19-14-23(31-3)24(32-4)16-22(19)26/h7,9,13-14,16,20H,5-6,8,10-12,15,26H2,1-4H3,(H,27,29). The van der Waals surface area contributed by atoms with Gasteiger partial charge in [-0.25, -0.2) is 0 Å². The van der Waals surface area contributed by atoms with E-state index in [2.05, 4.69) is 29.4 Å². The highest BCUT2D eigenvalue weighted by Gasteiger charge is 2.22. The van der Waals surface area contributed by atoms with Crippen LogP contribution in [-0.4, -0.2) is 58.3 Å². The molecule has 7 nitrogen and oxygen atoms in total. The number of fused-ring (bicyclic) bond motifs is 1. The fourth-order valence-corrected chi connectivity index (χ4v) is 4.28. The van der Waals surface area contributed by atoms with Crippen molar-refractivity contribution < 1.29 is 19.0 Å². The van der Waals surface area contributed by atoms with Crippen LogP contribution in [-0.2, 0) is 24.1 Å². The molecular formula is C25H35N3O4. The SMILES string of the molecule is COc1ccc2c(c1)CC(N(C)CCCNC(=O)Cc1cc(OC)c(OC)cc1N)CC2. The summed E-state index contributed by atoms with van der Waals surface area (Å²) in [5, 5.41) is 3.00. The Morgan fingerprint density at radius 2 is 1.84 bits per heavy atom. The normalized spacial score (nSPS) is 15.2. The number of likely N-dealkylation sites (N-methyl/N-ethyl adjacent to an activating group) is 1. The van der Waals surface area contributed by atoms with Crippen molar-refractivity contribution in [1.82, 2.24) is 10.2 Å². The Hall–Kier alpha value is -2.93. The summed E-state index contributed by atoms with van der Waals surface area (Å²) in [6, 6.07) is 10.4. The summed E-state index contributed by atoms with van der Waals surface area (Å²) >= 11 is 0. The minimum Gasteiger partial charge on any atom is -0.497 e. The fraction of sp³-hybridized carbons (Fsp3) is 0.480. The second-order valence-corrected chi connectivity index (χ2v) is 8.30. The van der Waals surface area contributed by atoms with E-state index in [1.807, 2.05) is 6.07 Å². The third kappa shape index (κ3) is 5.85. The molecule has 0 fully saturated rings. The van der Waals surface area contributed by atoms with Crippen molar-refractivity contribution in [2.45, 2.75) is 38.1 Å². The molecule has 0 aliphatic heterocycles. The summed E-state index contributed by atoms with van der Waals surface area (Å²) < 4.78 is 15.9. The predicted octanol–water partition coefficient (Wildman–Crippen LogP) is 2.83. The number of methoxy groups -OCH3 is 3. The largest absolute Gasteiger partial charge is 0.497 e. The number of nitrogen functional groups attached to an aromatic ring is 1. The van der Waals surface area contributed by atoms with Gasteiger partial charge in [0.25, 0.3) is 0 Å². The van der Waals surface area contributed by atoms with Crippen LogP contribution in [0.3, 0.4) is 0 Å². The lowest BCUT2D eigenvalue weighted by molar-refractivity contribution is -0.120. The minimum atomic E-state index is -0.0507. The highest BCUT2D eigenvalue weighted by molar-refractivity contribution is 5.80. The van der Waals surface area contributed by atoms with E-state index in [1.165, 1.54) is 11.1 Å². The number of hydrogen-bond donors (Lipinski definition) is 2. The van der Waals surface area contributed by atoms with Crippen molar-refractivity contribution in [1.29, 1.82) is 0 Å². The first kappa shape index (κ1) is 23.7. The molecule has 0 bridgehead atoms. The van der Waals surface area contributed by atoms with Gasteiger partial charge >= 0.3 is 0 Å². The second-order valence-electron chi connectivity index (χ2n) is 8.30. The van der Waals surface area contributed by atoms with Gasteiger partial charge in [-0.2, -0.15) is 0 Å². The number of amides is 1. The Morgan fingerprint density at radius 1 is 1.09 bits per heavy atom. The summed E-state index contributed by atoms with van der Waals surface area (Å²) in [5.41, 5.74) is 10.1. The molecular weight excluding hydrogens is 406 g/mol. The fourth-order valence-electron chi connectivity index (χ4n) is 4.28. The monoisotopic (exact) mass is 441 g/mol. The number of ether oxygens (including phenoxy) is 3. The highest BCUT2D eigenvalue weighted by Crippen LogP contribution is 2.32.